The zero-order valence-electron chi connectivity index (χ0n) is 9.53. The fourth-order valence-corrected chi connectivity index (χ4v) is 1.88. The van der Waals surface area contributed by atoms with Gasteiger partial charge in [-0.2, -0.15) is 0 Å². The summed E-state index contributed by atoms with van der Waals surface area (Å²) in [6.07, 6.45) is 0.772. The second-order valence-corrected chi connectivity index (χ2v) is 4.05. The minimum atomic E-state index is -0.357. The van der Waals surface area contributed by atoms with Crippen molar-refractivity contribution in [1.82, 2.24) is 4.98 Å². The second kappa shape index (κ2) is 4.49. The summed E-state index contributed by atoms with van der Waals surface area (Å²) < 4.78 is 13.2. The maximum atomic E-state index is 13.2. The lowest BCUT2D eigenvalue weighted by Crippen LogP contribution is -2.11. The van der Waals surface area contributed by atoms with E-state index in [1.807, 2.05) is 13.0 Å². The van der Waals surface area contributed by atoms with Crippen molar-refractivity contribution < 1.29 is 9.18 Å². The van der Waals surface area contributed by atoms with Gasteiger partial charge in [-0.15, -0.1) is 0 Å². The first kappa shape index (κ1) is 11.5. The molecule has 1 aromatic heterocycles. The van der Waals surface area contributed by atoms with Crippen LogP contribution in [-0.2, 0) is 11.2 Å². The lowest BCUT2D eigenvalue weighted by molar-refractivity contribution is -0.117. The molecule has 0 spiro atoms. The highest BCUT2D eigenvalue weighted by atomic mass is 19.1. The van der Waals surface area contributed by atoms with Crippen LogP contribution in [0.15, 0.2) is 24.3 Å². The summed E-state index contributed by atoms with van der Waals surface area (Å²) in [6, 6.07) is 6.33. The van der Waals surface area contributed by atoms with E-state index in [4.69, 9.17) is 5.73 Å². The number of aryl methyl sites for hydroxylation is 2. The first-order valence-electron chi connectivity index (χ1n) is 5.40. The Hall–Kier alpha value is -1.97. The van der Waals surface area contributed by atoms with Crippen molar-refractivity contribution in [1.29, 1.82) is 0 Å². The SMILES string of the molecule is Cc1cc(CCC(N)=O)c2cc(F)ccc2n1. The number of carbonyl (C=O) groups is 1. The zero-order chi connectivity index (χ0) is 12.4. The molecule has 88 valence electrons. The monoisotopic (exact) mass is 232 g/mol. The van der Waals surface area contributed by atoms with Gasteiger partial charge < -0.3 is 5.73 Å². The number of amides is 1. The molecule has 3 nitrogen and oxygen atoms in total. The lowest BCUT2D eigenvalue weighted by atomic mass is 10.0. The molecule has 2 rings (SSSR count). The first-order valence-corrected chi connectivity index (χ1v) is 5.40. The normalized spacial score (nSPS) is 10.7. The predicted octanol–water partition coefficient (Wildman–Crippen LogP) is 2.10. The molecule has 0 atom stereocenters. The van der Waals surface area contributed by atoms with Crippen molar-refractivity contribution >= 4 is 16.8 Å². The van der Waals surface area contributed by atoms with Gasteiger partial charge in [-0.05, 0) is 43.2 Å². The predicted molar refractivity (Wildman–Crippen MR) is 64.0 cm³/mol. The molecule has 1 heterocycles. The number of fused-ring (bicyclic) bond motifs is 1. The molecule has 17 heavy (non-hydrogen) atoms. The van der Waals surface area contributed by atoms with Gasteiger partial charge >= 0.3 is 0 Å². The standard InChI is InChI=1S/C13H13FN2O/c1-8-6-9(2-5-13(15)17)11-7-10(14)3-4-12(11)16-8/h3-4,6-7H,2,5H2,1H3,(H2,15,17). The van der Waals surface area contributed by atoms with Crippen LogP contribution in [0.3, 0.4) is 0 Å². The summed E-state index contributed by atoms with van der Waals surface area (Å²) in [7, 11) is 0. The highest BCUT2D eigenvalue weighted by molar-refractivity contribution is 5.83. The van der Waals surface area contributed by atoms with Gasteiger partial charge in [0.1, 0.15) is 5.82 Å². The third kappa shape index (κ3) is 2.58. The minimum absolute atomic E-state index is 0.259. The number of nitrogens with zero attached hydrogens (tertiary/aromatic N) is 1. The van der Waals surface area contributed by atoms with Gasteiger partial charge in [0.05, 0.1) is 5.52 Å². The van der Waals surface area contributed by atoms with Crippen LogP contribution in [0.5, 0.6) is 0 Å². The Balaban J connectivity index is 2.51. The smallest absolute Gasteiger partial charge is 0.217 e. The van der Waals surface area contributed by atoms with E-state index < -0.39 is 0 Å². The van der Waals surface area contributed by atoms with E-state index in [2.05, 4.69) is 4.98 Å². The van der Waals surface area contributed by atoms with Gasteiger partial charge in [-0.3, -0.25) is 9.78 Å². The van der Waals surface area contributed by atoms with E-state index >= 15 is 0 Å². The molecule has 2 N–H and O–H groups in total. The Labute approximate surface area is 98.5 Å². The Morgan fingerprint density at radius 3 is 2.88 bits per heavy atom. The molecule has 0 aliphatic carbocycles. The molecule has 0 unspecified atom stereocenters. The van der Waals surface area contributed by atoms with Crippen LogP contribution in [0.2, 0.25) is 0 Å². The van der Waals surface area contributed by atoms with Crippen LogP contribution >= 0.6 is 0 Å². The van der Waals surface area contributed by atoms with Crippen molar-refractivity contribution in [2.75, 3.05) is 0 Å². The number of pyridine rings is 1. The number of rotatable bonds is 3. The maximum Gasteiger partial charge on any atom is 0.217 e. The van der Waals surface area contributed by atoms with Crippen LogP contribution < -0.4 is 5.73 Å². The summed E-state index contributed by atoms with van der Waals surface area (Å²) in [5, 5.41) is 0.747. The molecule has 0 radical (unpaired) electrons. The summed E-state index contributed by atoms with van der Waals surface area (Å²) in [5.74, 6) is -0.660. The quantitative estimate of drug-likeness (QED) is 0.881. The van der Waals surface area contributed by atoms with Crippen LogP contribution in [-0.4, -0.2) is 10.9 Å². The van der Waals surface area contributed by atoms with E-state index in [9.17, 15) is 9.18 Å². The minimum Gasteiger partial charge on any atom is -0.370 e. The number of hydrogen-bond acceptors (Lipinski definition) is 2. The number of benzene rings is 1. The van der Waals surface area contributed by atoms with Crippen molar-refractivity contribution in [3.05, 3.63) is 41.3 Å². The summed E-state index contributed by atoms with van der Waals surface area (Å²) in [4.78, 5) is 15.1. The van der Waals surface area contributed by atoms with Gasteiger partial charge in [-0.25, -0.2) is 4.39 Å². The number of aromatic nitrogens is 1. The number of nitrogens with two attached hydrogens (primary N) is 1. The van der Waals surface area contributed by atoms with Gasteiger partial charge in [0.15, 0.2) is 0 Å². The Morgan fingerprint density at radius 2 is 2.18 bits per heavy atom. The van der Waals surface area contributed by atoms with Gasteiger partial charge in [0.25, 0.3) is 0 Å². The fourth-order valence-electron chi connectivity index (χ4n) is 1.88. The van der Waals surface area contributed by atoms with Gasteiger partial charge in [0.2, 0.25) is 5.91 Å². The number of primary amides is 1. The van der Waals surface area contributed by atoms with E-state index in [0.29, 0.717) is 6.42 Å². The first-order chi connectivity index (χ1) is 8.06. The molecular weight excluding hydrogens is 219 g/mol. The Kier molecular flexibility index (Phi) is 3.04. The van der Waals surface area contributed by atoms with Crippen LogP contribution in [0, 0.1) is 12.7 Å². The molecular formula is C13H13FN2O. The van der Waals surface area contributed by atoms with Crippen molar-refractivity contribution in [3.63, 3.8) is 0 Å². The fraction of sp³-hybridized carbons (Fsp3) is 0.231. The highest BCUT2D eigenvalue weighted by Gasteiger charge is 2.06. The van der Waals surface area contributed by atoms with Crippen LogP contribution in [0.1, 0.15) is 17.7 Å². The van der Waals surface area contributed by atoms with E-state index in [-0.39, 0.29) is 18.1 Å². The highest BCUT2D eigenvalue weighted by Crippen LogP contribution is 2.20. The molecule has 1 amide bonds. The van der Waals surface area contributed by atoms with Crippen molar-refractivity contribution in [3.8, 4) is 0 Å². The molecule has 2 aromatic rings. The zero-order valence-corrected chi connectivity index (χ0v) is 9.53. The summed E-state index contributed by atoms with van der Waals surface area (Å²) >= 11 is 0. The van der Waals surface area contributed by atoms with Gasteiger partial charge in [0, 0.05) is 17.5 Å². The molecule has 1 aromatic carbocycles. The molecule has 0 bridgehead atoms. The van der Waals surface area contributed by atoms with Crippen molar-refractivity contribution in [2.45, 2.75) is 19.8 Å². The van der Waals surface area contributed by atoms with E-state index in [1.54, 1.807) is 6.07 Å². The van der Waals surface area contributed by atoms with Crippen molar-refractivity contribution in [2.24, 2.45) is 5.73 Å². The summed E-state index contributed by atoms with van der Waals surface area (Å²) in [6.45, 7) is 1.87. The third-order valence-electron chi connectivity index (χ3n) is 2.63. The number of hydrogen-bond donors (Lipinski definition) is 1. The average Bonchev–Trinajstić information content (AvgIpc) is 2.26. The lowest BCUT2D eigenvalue weighted by Gasteiger charge is -2.07. The molecule has 0 aliphatic heterocycles. The number of carbonyl (C=O) groups excluding carboxylic acids is 1. The van der Waals surface area contributed by atoms with E-state index in [1.165, 1.54) is 12.1 Å². The number of halogens is 1. The van der Waals surface area contributed by atoms with E-state index in [0.717, 1.165) is 22.2 Å². The summed E-state index contributed by atoms with van der Waals surface area (Å²) in [5.41, 5.74) is 7.62. The largest absolute Gasteiger partial charge is 0.370 e. The molecule has 0 saturated heterocycles. The third-order valence-corrected chi connectivity index (χ3v) is 2.63. The Bertz CT molecular complexity index is 581. The Morgan fingerprint density at radius 1 is 1.41 bits per heavy atom. The van der Waals surface area contributed by atoms with Crippen LogP contribution in [0.4, 0.5) is 4.39 Å². The van der Waals surface area contributed by atoms with Crippen LogP contribution in [0.25, 0.3) is 10.9 Å². The molecule has 4 heteroatoms. The topological polar surface area (TPSA) is 56.0 Å². The maximum absolute atomic E-state index is 13.2. The molecule has 0 saturated carbocycles. The average molecular weight is 232 g/mol. The van der Waals surface area contributed by atoms with Gasteiger partial charge in [-0.1, -0.05) is 0 Å². The molecule has 0 aliphatic rings. The molecule has 0 fully saturated rings. The second-order valence-electron chi connectivity index (χ2n) is 4.05.